The molecular weight excluding hydrogens is 254 g/mol. The van der Waals surface area contributed by atoms with Crippen molar-refractivity contribution in [3.8, 4) is 0 Å². The molecule has 4 heteroatoms. The second-order valence-electron chi connectivity index (χ2n) is 5.15. The fourth-order valence-corrected chi connectivity index (χ4v) is 2.01. The molecule has 2 N–H and O–H groups in total. The number of carboxylic acid groups (broad SMARTS) is 1. The third-order valence-electron chi connectivity index (χ3n) is 3.20. The van der Waals surface area contributed by atoms with Crippen molar-refractivity contribution in [2.24, 2.45) is 0 Å². The van der Waals surface area contributed by atoms with Crippen molar-refractivity contribution in [1.29, 1.82) is 0 Å². The number of hydrogen-bond donors (Lipinski definition) is 2. The summed E-state index contributed by atoms with van der Waals surface area (Å²) in [7, 11) is 0. The van der Waals surface area contributed by atoms with E-state index in [-0.39, 0.29) is 11.8 Å². The van der Waals surface area contributed by atoms with Crippen LogP contribution in [0.3, 0.4) is 0 Å². The second kappa shape index (κ2) is 5.82. The van der Waals surface area contributed by atoms with Crippen molar-refractivity contribution in [2.75, 3.05) is 5.32 Å². The SMILES string of the molecule is CC(C)c1cccc(NC(C)c2ccc(C(=O)O)o2)c1. The van der Waals surface area contributed by atoms with Crippen LogP contribution in [0.2, 0.25) is 0 Å². The van der Waals surface area contributed by atoms with Gasteiger partial charge in [-0.15, -0.1) is 0 Å². The fraction of sp³-hybridized carbons (Fsp3) is 0.312. The van der Waals surface area contributed by atoms with Gasteiger partial charge in [-0.2, -0.15) is 0 Å². The number of hydrogen-bond acceptors (Lipinski definition) is 3. The largest absolute Gasteiger partial charge is 0.475 e. The Bertz CT molecular complexity index is 601. The van der Waals surface area contributed by atoms with Crippen molar-refractivity contribution >= 4 is 11.7 Å². The lowest BCUT2D eigenvalue weighted by Crippen LogP contribution is -2.06. The molecule has 1 unspecified atom stereocenters. The van der Waals surface area contributed by atoms with Gasteiger partial charge in [0.2, 0.25) is 5.76 Å². The lowest BCUT2D eigenvalue weighted by atomic mass is 10.0. The Labute approximate surface area is 118 Å². The minimum absolute atomic E-state index is 0.0374. The van der Waals surface area contributed by atoms with E-state index < -0.39 is 5.97 Å². The van der Waals surface area contributed by atoms with E-state index in [0.29, 0.717) is 11.7 Å². The standard InChI is InChI=1S/C16H19NO3/c1-10(2)12-5-4-6-13(9-12)17-11(3)14-7-8-15(20-14)16(18)19/h4-11,17H,1-3H3,(H,18,19). The third kappa shape index (κ3) is 3.20. The molecule has 0 bridgehead atoms. The molecule has 0 aliphatic carbocycles. The highest BCUT2D eigenvalue weighted by Crippen LogP contribution is 2.24. The normalized spacial score (nSPS) is 12.4. The van der Waals surface area contributed by atoms with Gasteiger partial charge in [0.05, 0.1) is 6.04 Å². The van der Waals surface area contributed by atoms with Crippen molar-refractivity contribution in [1.82, 2.24) is 0 Å². The zero-order chi connectivity index (χ0) is 14.7. The number of aromatic carboxylic acids is 1. The smallest absolute Gasteiger partial charge is 0.371 e. The number of furan rings is 1. The van der Waals surface area contributed by atoms with Gasteiger partial charge < -0.3 is 14.8 Å². The van der Waals surface area contributed by atoms with E-state index in [1.165, 1.54) is 11.6 Å². The van der Waals surface area contributed by atoms with Crippen LogP contribution in [-0.2, 0) is 0 Å². The van der Waals surface area contributed by atoms with E-state index >= 15 is 0 Å². The van der Waals surface area contributed by atoms with Gasteiger partial charge in [-0.1, -0.05) is 26.0 Å². The highest BCUT2D eigenvalue weighted by Gasteiger charge is 2.14. The molecule has 0 aliphatic heterocycles. The van der Waals surface area contributed by atoms with Crippen LogP contribution < -0.4 is 5.32 Å². The Morgan fingerprint density at radius 3 is 2.55 bits per heavy atom. The van der Waals surface area contributed by atoms with Gasteiger partial charge in [-0.25, -0.2) is 4.79 Å². The van der Waals surface area contributed by atoms with Gasteiger partial charge in [0.15, 0.2) is 0 Å². The van der Waals surface area contributed by atoms with E-state index in [0.717, 1.165) is 5.69 Å². The highest BCUT2D eigenvalue weighted by atomic mass is 16.4. The molecular formula is C16H19NO3. The lowest BCUT2D eigenvalue weighted by Gasteiger charge is -2.15. The molecule has 2 rings (SSSR count). The minimum Gasteiger partial charge on any atom is -0.475 e. The quantitative estimate of drug-likeness (QED) is 0.853. The predicted octanol–water partition coefficient (Wildman–Crippen LogP) is 4.27. The molecule has 4 nitrogen and oxygen atoms in total. The molecule has 1 aromatic carbocycles. The monoisotopic (exact) mass is 273 g/mol. The molecule has 2 aromatic rings. The van der Waals surface area contributed by atoms with Crippen LogP contribution >= 0.6 is 0 Å². The average molecular weight is 273 g/mol. The number of carbonyl (C=O) groups is 1. The van der Waals surface area contributed by atoms with Crippen LogP contribution in [0.1, 0.15) is 54.6 Å². The highest BCUT2D eigenvalue weighted by molar-refractivity contribution is 5.84. The van der Waals surface area contributed by atoms with Gasteiger partial charge in [-0.3, -0.25) is 0 Å². The van der Waals surface area contributed by atoms with Crippen LogP contribution in [0.4, 0.5) is 5.69 Å². The molecule has 0 aliphatic rings. The summed E-state index contributed by atoms with van der Waals surface area (Å²) in [4.78, 5) is 10.8. The van der Waals surface area contributed by atoms with Crippen LogP contribution in [0, 0.1) is 0 Å². The number of carboxylic acids is 1. The number of rotatable bonds is 5. The molecule has 0 saturated carbocycles. The van der Waals surface area contributed by atoms with Gasteiger partial charge in [0.25, 0.3) is 0 Å². The van der Waals surface area contributed by atoms with Crippen LogP contribution in [0.15, 0.2) is 40.8 Å². The molecule has 1 atom stereocenters. The first-order valence-electron chi connectivity index (χ1n) is 6.67. The molecule has 0 radical (unpaired) electrons. The Morgan fingerprint density at radius 2 is 1.95 bits per heavy atom. The number of anilines is 1. The van der Waals surface area contributed by atoms with Crippen LogP contribution in [0.25, 0.3) is 0 Å². The first-order valence-corrected chi connectivity index (χ1v) is 6.67. The van der Waals surface area contributed by atoms with Gasteiger partial charge in [0, 0.05) is 5.69 Å². The van der Waals surface area contributed by atoms with Gasteiger partial charge >= 0.3 is 5.97 Å². The summed E-state index contributed by atoms with van der Waals surface area (Å²) in [5, 5.41) is 12.2. The van der Waals surface area contributed by atoms with E-state index in [4.69, 9.17) is 9.52 Å². The first kappa shape index (κ1) is 14.2. The summed E-state index contributed by atoms with van der Waals surface area (Å²) in [6.45, 7) is 6.23. The van der Waals surface area contributed by atoms with Crippen molar-refractivity contribution in [3.05, 3.63) is 53.5 Å². The number of nitrogens with one attached hydrogen (secondary N) is 1. The van der Waals surface area contributed by atoms with Crippen molar-refractivity contribution < 1.29 is 14.3 Å². The molecule has 0 saturated heterocycles. The van der Waals surface area contributed by atoms with Crippen LogP contribution in [0.5, 0.6) is 0 Å². The molecule has 0 spiro atoms. The maximum absolute atomic E-state index is 10.8. The third-order valence-corrected chi connectivity index (χ3v) is 3.20. The molecule has 106 valence electrons. The first-order chi connectivity index (χ1) is 9.47. The molecule has 0 fully saturated rings. The molecule has 1 aromatic heterocycles. The minimum atomic E-state index is -1.05. The number of benzene rings is 1. The maximum Gasteiger partial charge on any atom is 0.371 e. The predicted molar refractivity (Wildman–Crippen MR) is 78.2 cm³/mol. The summed E-state index contributed by atoms with van der Waals surface area (Å²) >= 11 is 0. The Kier molecular flexibility index (Phi) is 4.13. The summed E-state index contributed by atoms with van der Waals surface area (Å²) in [6.07, 6.45) is 0. The zero-order valence-electron chi connectivity index (χ0n) is 11.9. The van der Waals surface area contributed by atoms with E-state index in [9.17, 15) is 4.79 Å². The molecule has 1 heterocycles. The summed E-state index contributed by atoms with van der Waals surface area (Å²) < 4.78 is 5.29. The second-order valence-corrected chi connectivity index (χ2v) is 5.15. The maximum atomic E-state index is 10.8. The van der Waals surface area contributed by atoms with E-state index in [1.54, 1.807) is 6.07 Å². The van der Waals surface area contributed by atoms with E-state index in [2.05, 4.69) is 31.3 Å². The Balaban J connectivity index is 2.12. The summed E-state index contributed by atoms with van der Waals surface area (Å²) in [6, 6.07) is 11.3. The Hall–Kier alpha value is -2.23. The average Bonchev–Trinajstić information content (AvgIpc) is 2.88. The molecule has 0 amide bonds. The summed E-state index contributed by atoms with van der Waals surface area (Å²) in [5.74, 6) is -0.0125. The van der Waals surface area contributed by atoms with E-state index in [1.807, 2.05) is 19.1 Å². The van der Waals surface area contributed by atoms with Crippen LogP contribution in [-0.4, -0.2) is 11.1 Å². The topological polar surface area (TPSA) is 62.5 Å². The lowest BCUT2D eigenvalue weighted by molar-refractivity contribution is 0.0660. The zero-order valence-corrected chi connectivity index (χ0v) is 11.9. The van der Waals surface area contributed by atoms with Gasteiger partial charge in [0.1, 0.15) is 5.76 Å². The van der Waals surface area contributed by atoms with Crippen molar-refractivity contribution in [3.63, 3.8) is 0 Å². The van der Waals surface area contributed by atoms with Gasteiger partial charge in [-0.05, 0) is 42.7 Å². The van der Waals surface area contributed by atoms with Crippen molar-refractivity contribution in [2.45, 2.75) is 32.7 Å². The Morgan fingerprint density at radius 1 is 1.20 bits per heavy atom. The molecule has 20 heavy (non-hydrogen) atoms. The summed E-state index contributed by atoms with van der Waals surface area (Å²) in [5.41, 5.74) is 2.25. The fourth-order valence-electron chi connectivity index (χ4n) is 2.01.